The van der Waals surface area contributed by atoms with Crippen LogP contribution < -0.4 is 10.1 Å². The number of carbonyl (C=O) groups is 2. The molecule has 2 aliphatic rings. The average Bonchev–Trinajstić information content (AvgIpc) is 3.07. The molecule has 140 valence electrons. The van der Waals surface area contributed by atoms with Gasteiger partial charge in [0.25, 0.3) is 0 Å². The van der Waals surface area contributed by atoms with Crippen molar-refractivity contribution >= 4 is 11.8 Å². The molecule has 2 amide bonds. The molecule has 0 aliphatic carbocycles. The van der Waals surface area contributed by atoms with Crippen LogP contribution in [0.5, 0.6) is 11.5 Å². The molecule has 0 bridgehead atoms. The highest BCUT2D eigenvalue weighted by molar-refractivity contribution is 5.90. The van der Waals surface area contributed by atoms with Gasteiger partial charge in [-0.15, -0.1) is 0 Å². The molecule has 2 saturated heterocycles. The fourth-order valence-corrected chi connectivity index (χ4v) is 3.98. The Bertz CT molecular complexity index is 822. The molecule has 1 aromatic carbocycles. The second kappa shape index (κ2) is 7.39. The Hall–Kier alpha value is -2.89. The summed E-state index contributed by atoms with van der Waals surface area (Å²) in [6.45, 7) is 3.49. The van der Waals surface area contributed by atoms with Crippen molar-refractivity contribution in [1.82, 2.24) is 15.2 Å². The first kappa shape index (κ1) is 17.5. The van der Waals surface area contributed by atoms with Crippen molar-refractivity contribution in [3.8, 4) is 11.5 Å². The number of likely N-dealkylation sites (tertiary alicyclic amines) is 1. The molecule has 1 aromatic heterocycles. The summed E-state index contributed by atoms with van der Waals surface area (Å²) in [6, 6.07) is 10.8. The Morgan fingerprint density at radius 1 is 1.19 bits per heavy atom. The van der Waals surface area contributed by atoms with Crippen LogP contribution in [0.25, 0.3) is 0 Å². The summed E-state index contributed by atoms with van der Waals surface area (Å²) < 4.78 is 5.75. The van der Waals surface area contributed by atoms with Crippen LogP contribution in [-0.4, -0.2) is 40.8 Å². The van der Waals surface area contributed by atoms with E-state index in [1.165, 1.54) is 0 Å². The van der Waals surface area contributed by atoms with Crippen LogP contribution in [0.4, 0.5) is 0 Å². The minimum absolute atomic E-state index is 0.0109. The quantitative estimate of drug-likeness (QED) is 0.903. The number of nitrogens with zero attached hydrogens (tertiary/aromatic N) is 2. The maximum Gasteiger partial charge on any atom is 0.243 e. The highest BCUT2D eigenvalue weighted by Gasteiger charge is 2.46. The molecule has 0 radical (unpaired) electrons. The number of hydrogen-bond donors (Lipinski definition) is 1. The smallest absolute Gasteiger partial charge is 0.243 e. The predicted octanol–water partition coefficient (Wildman–Crippen LogP) is 2.40. The van der Waals surface area contributed by atoms with Crippen molar-refractivity contribution in [2.45, 2.75) is 25.8 Å². The summed E-state index contributed by atoms with van der Waals surface area (Å²) in [5, 5.41) is 2.92. The van der Waals surface area contributed by atoms with E-state index in [0.717, 1.165) is 17.7 Å². The Morgan fingerprint density at radius 3 is 2.63 bits per heavy atom. The lowest BCUT2D eigenvalue weighted by Gasteiger charge is -2.39. The van der Waals surface area contributed by atoms with Crippen molar-refractivity contribution in [3.05, 3.63) is 54.4 Å². The number of amides is 2. The van der Waals surface area contributed by atoms with E-state index in [0.29, 0.717) is 31.2 Å². The number of pyridine rings is 1. The number of aromatic nitrogens is 1. The Morgan fingerprint density at radius 2 is 1.89 bits per heavy atom. The molecule has 2 aliphatic heterocycles. The van der Waals surface area contributed by atoms with Gasteiger partial charge in [-0.25, -0.2) is 0 Å². The number of nitrogens with one attached hydrogen (secondary N) is 1. The Kier molecular flexibility index (Phi) is 4.79. The third-order valence-corrected chi connectivity index (χ3v) is 5.56. The molecular weight excluding hydrogens is 342 g/mol. The molecule has 27 heavy (non-hydrogen) atoms. The van der Waals surface area contributed by atoms with Crippen LogP contribution in [0, 0.1) is 11.8 Å². The monoisotopic (exact) mass is 365 g/mol. The van der Waals surface area contributed by atoms with Gasteiger partial charge in [-0.2, -0.15) is 0 Å². The third-order valence-electron chi connectivity index (χ3n) is 5.56. The van der Waals surface area contributed by atoms with Crippen molar-refractivity contribution in [2.75, 3.05) is 13.1 Å². The van der Waals surface area contributed by atoms with Gasteiger partial charge in [0.1, 0.15) is 17.5 Å². The summed E-state index contributed by atoms with van der Waals surface area (Å²) in [5.74, 6) is 2.11. The Labute approximate surface area is 158 Å². The zero-order chi connectivity index (χ0) is 18.8. The van der Waals surface area contributed by atoms with Crippen LogP contribution in [0.1, 0.15) is 18.9 Å². The zero-order valence-corrected chi connectivity index (χ0v) is 15.3. The van der Waals surface area contributed by atoms with E-state index in [2.05, 4.69) is 17.2 Å². The van der Waals surface area contributed by atoms with Gasteiger partial charge in [-0.3, -0.25) is 14.6 Å². The maximum absolute atomic E-state index is 12.8. The molecule has 0 saturated carbocycles. The first-order chi connectivity index (χ1) is 13.1. The minimum Gasteiger partial charge on any atom is -0.457 e. The average molecular weight is 365 g/mol. The number of fused-ring (bicyclic) bond motifs is 1. The SMILES string of the molecule is CC1CCN(C(=O)Cc2ccc(Oc3ccncc3)cc2)C2C(=O)NCC12. The lowest BCUT2D eigenvalue weighted by Crippen LogP contribution is -2.53. The summed E-state index contributed by atoms with van der Waals surface area (Å²) in [4.78, 5) is 30.8. The van der Waals surface area contributed by atoms with Gasteiger partial charge < -0.3 is 15.0 Å². The lowest BCUT2D eigenvalue weighted by atomic mass is 9.82. The molecule has 3 unspecified atom stereocenters. The van der Waals surface area contributed by atoms with E-state index in [4.69, 9.17) is 4.74 Å². The second-order valence-corrected chi connectivity index (χ2v) is 7.31. The molecule has 2 aromatic rings. The molecule has 4 rings (SSSR count). The molecule has 3 heterocycles. The van der Waals surface area contributed by atoms with Crippen molar-refractivity contribution in [3.63, 3.8) is 0 Å². The summed E-state index contributed by atoms with van der Waals surface area (Å²) >= 11 is 0. The number of rotatable bonds is 4. The molecule has 3 atom stereocenters. The number of hydrogen-bond acceptors (Lipinski definition) is 4. The highest BCUT2D eigenvalue weighted by atomic mass is 16.5. The van der Waals surface area contributed by atoms with Gasteiger partial charge in [-0.1, -0.05) is 19.1 Å². The summed E-state index contributed by atoms with van der Waals surface area (Å²) in [5.41, 5.74) is 0.913. The molecule has 6 heteroatoms. The van der Waals surface area contributed by atoms with E-state index in [1.807, 2.05) is 24.3 Å². The highest BCUT2D eigenvalue weighted by Crippen LogP contribution is 2.32. The van der Waals surface area contributed by atoms with Crippen LogP contribution in [-0.2, 0) is 16.0 Å². The van der Waals surface area contributed by atoms with E-state index in [9.17, 15) is 9.59 Å². The van der Waals surface area contributed by atoms with Crippen molar-refractivity contribution < 1.29 is 14.3 Å². The number of benzene rings is 1. The first-order valence-corrected chi connectivity index (χ1v) is 9.36. The van der Waals surface area contributed by atoms with Gasteiger partial charge in [0.15, 0.2) is 0 Å². The maximum atomic E-state index is 12.8. The van der Waals surface area contributed by atoms with Crippen LogP contribution >= 0.6 is 0 Å². The normalized spacial score (nSPS) is 24.3. The van der Waals surface area contributed by atoms with E-state index < -0.39 is 0 Å². The molecule has 0 spiro atoms. The van der Waals surface area contributed by atoms with E-state index >= 15 is 0 Å². The molecule has 1 N–H and O–H groups in total. The van der Waals surface area contributed by atoms with Crippen LogP contribution in [0.2, 0.25) is 0 Å². The molecule has 2 fully saturated rings. The predicted molar refractivity (Wildman–Crippen MR) is 100 cm³/mol. The van der Waals surface area contributed by atoms with Gasteiger partial charge >= 0.3 is 0 Å². The third kappa shape index (κ3) is 3.65. The number of carbonyl (C=O) groups excluding carboxylic acids is 2. The van der Waals surface area contributed by atoms with Crippen LogP contribution in [0.15, 0.2) is 48.8 Å². The second-order valence-electron chi connectivity index (χ2n) is 7.31. The summed E-state index contributed by atoms with van der Waals surface area (Å²) in [6.07, 6.45) is 4.59. The van der Waals surface area contributed by atoms with Gasteiger partial charge in [0.2, 0.25) is 11.8 Å². The molecule has 6 nitrogen and oxygen atoms in total. The molecular formula is C21H23N3O3. The summed E-state index contributed by atoms with van der Waals surface area (Å²) in [7, 11) is 0. The number of ether oxygens (including phenoxy) is 1. The topological polar surface area (TPSA) is 71.5 Å². The first-order valence-electron chi connectivity index (χ1n) is 9.36. The Balaban J connectivity index is 1.41. The van der Waals surface area contributed by atoms with Gasteiger partial charge in [0.05, 0.1) is 6.42 Å². The fourth-order valence-electron chi connectivity index (χ4n) is 3.98. The lowest BCUT2D eigenvalue weighted by molar-refractivity contribution is -0.142. The minimum atomic E-state index is -0.310. The van der Waals surface area contributed by atoms with Crippen molar-refractivity contribution in [2.24, 2.45) is 11.8 Å². The van der Waals surface area contributed by atoms with Gasteiger partial charge in [-0.05, 0) is 42.2 Å². The fraction of sp³-hybridized carbons (Fsp3) is 0.381. The van der Waals surface area contributed by atoms with Crippen molar-refractivity contribution in [1.29, 1.82) is 0 Å². The van der Waals surface area contributed by atoms with E-state index in [-0.39, 0.29) is 23.8 Å². The number of piperidine rings is 1. The van der Waals surface area contributed by atoms with E-state index in [1.54, 1.807) is 29.4 Å². The van der Waals surface area contributed by atoms with Crippen LogP contribution in [0.3, 0.4) is 0 Å². The zero-order valence-electron chi connectivity index (χ0n) is 15.3. The van der Waals surface area contributed by atoms with Gasteiger partial charge in [0, 0.05) is 31.4 Å². The largest absolute Gasteiger partial charge is 0.457 e. The standard InChI is InChI=1S/C21H23N3O3/c1-14-8-11-24(20-18(14)13-23-21(20)26)19(25)12-15-2-4-16(5-3-15)27-17-6-9-22-10-7-17/h2-7,9-10,14,18,20H,8,11-13H2,1H3,(H,23,26).